The number of hydrogen-bond acceptors (Lipinski definition) is 3. The summed E-state index contributed by atoms with van der Waals surface area (Å²) >= 11 is 7.40. The number of benzene rings is 1. The largest absolute Gasteiger partial charge is 0.338 e. The lowest BCUT2D eigenvalue weighted by Gasteiger charge is -2.31. The van der Waals surface area contributed by atoms with Gasteiger partial charge in [-0.1, -0.05) is 17.7 Å². The van der Waals surface area contributed by atoms with Gasteiger partial charge in [-0.3, -0.25) is 9.59 Å². The molecular weight excluding hydrogens is 344 g/mol. The molecule has 2 heterocycles. The summed E-state index contributed by atoms with van der Waals surface area (Å²) in [7, 11) is 0. The quantitative estimate of drug-likeness (QED) is 0.889. The van der Waals surface area contributed by atoms with Gasteiger partial charge in [0.25, 0.3) is 5.91 Å². The SMILES string of the molecule is Cc1cc(Cl)ccc1NC(=O)C1CCN(C(=O)c2cccs2)CC1. The maximum Gasteiger partial charge on any atom is 0.263 e. The van der Waals surface area contributed by atoms with Gasteiger partial charge in [0.1, 0.15) is 0 Å². The zero-order valence-electron chi connectivity index (χ0n) is 13.4. The summed E-state index contributed by atoms with van der Waals surface area (Å²) in [5.74, 6) is 0.0218. The van der Waals surface area contributed by atoms with Crippen LogP contribution >= 0.6 is 22.9 Å². The summed E-state index contributed by atoms with van der Waals surface area (Å²) in [5.41, 5.74) is 1.74. The molecule has 1 fully saturated rings. The fourth-order valence-electron chi connectivity index (χ4n) is 2.90. The van der Waals surface area contributed by atoms with Crippen LogP contribution in [0.4, 0.5) is 5.69 Å². The summed E-state index contributed by atoms with van der Waals surface area (Å²) in [4.78, 5) is 27.4. The standard InChI is InChI=1S/C18H19ClN2O2S/c1-12-11-14(19)4-5-15(12)20-17(22)13-6-8-21(9-7-13)18(23)16-3-2-10-24-16/h2-5,10-11,13H,6-9H2,1H3,(H,20,22). The summed E-state index contributed by atoms with van der Waals surface area (Å²) in [5, 5.41) is 5.54. The summed E-state index contributed by atoms with van der Waals surface area (Å²) in [6.45, 7) is 3.16. The Hall–Kier alpha value is -1.85. The van der Waals surface area contributed by atoms with Gasteiger partial charge in [0.05, 0.1) is 4.88 Å². The zero-order valence-corrected chi connectivity index (χ0v) is 15.0. The number of aryl methyl sites for hydroxylation is 1. The van der Waals surface area contributed by atoms with Gasteiger partial charge < -0.3 is 10.2 Å². The molecule has 1 aliphatic rings. The molecule has 6 heteroatoms. The van der Waals surface area contributed by atoms with Crippen molar-refractivity contribution in [1.82, 2.24) is 4.90 Å². The average Bonchev–Trinajstić information content (AvgIpc) is 3.11. The molecule has 24 heavy (non-hydrogen) atoms. The van der Waals surface area contributed by atoms with Crippen LogP contribution in [0, 0.1) is 12.8 Å². The van der Waals surface area contributed by atoms with E-state index in [1.807, 2.05) is 41.5 Å². The van der Waals surface area contributed by atoms with E-state index >= 15 is 0 Å². The average molecular weight is 363 g/mol. The second-order valence-corrected chi connectivity index (χ2v) is 7.38. The molecule has 0 atom stereocenters. The first-order chi connectivity index (χ1) is 11.5. The van der Waals surface area contributed by atoms with E-state index in [9.17, 15) is 9.59 Å². The Balaban J connectivity index is 1.56. The van der Waals surface area contributed by atoms with E-state index in [4.69, 9.17) is 11.6 Å². The second kappa shape index (κ2) is 7.36. The number of amides is 2. The highest BCUT2D eigenvalue weighted by molar-refractivity contribution is 7.12. The predicted octanol–water partition coefficient (Wildman–Crippen LogP) is 4.20. The van der Waals surface area contributed by atoms with Crippen molar-refractivity contribution < 1.29 is 9.59 Å². The van der Waals surface area contributed by atoms with Gasteiger partial charge in [-0.05, 0) is 55.0 Å². The van der Waals surface area contributed by atoms with Crippen LogP contribution in [0.1, 0.15) is 28.1 Å². The Morgan fingerprint density at radius 2 is 2.00 bits per heavy atom. The van der Waals surface area contributed by atoms with Gasteiger partial charge in [-0.25, -0.2) is 0 Å². The Morgan fingerprint density at radius 3 is 2.62 bits per heavy atom. The van der Waals surface area contributed by atoms with Crippen LogP contribution in [-0.2, 0) is 4.79 Å². The van der Waals surface area contributed by atoms with Gasteiger partial charge in [0.2, 0.25) is 5.91 Å². The van der Waals surface area contributed by atoms with E-state index in [0.29, 0.717) is 31.0 Å². The van der Waals surface area contributed by atoms with E-state index in [1.54, 1.807) is 6.07 Å². The molecule has 2 aromatic rings. The van der Waals surface area contributed by atoms with E-state index in [1.165, 1.54) is 11.3 Å². The van der Waals surface area contributed by atoms with Gasteiger partial charge in [-0.2, -0.15) is 0 Å². The van der Waals surface area contributed by atoms with Crippen LogP contribution in [0.15, 0.2) is 35.7 Å². The molecule has 0 unspecified atom stereocenters. The van der Waals surface area contributed by atoms with E-state index in [-0.39, 0.29) is 17.7 Å². The number of hydrogen-bond donors (Lipinski definition) is 1. The van der Waals surface area contributed by atoms with Crippen LogP contribution in [0.25, 0.3) is 0 Å². The van der Waals surface area contributed by atoms with Crippen LogP contribution < -0.4 is 5.32 Å². The molecule has 1 N–H and O–H groups in total. The number of piperidine rings is 1. The van der Waals surface area contributed by atoms with Crippen molar-refractivity contribution in [3.63, 3.8) is 0 Å². The highest BCUT2D eigenvalue weighted by Crippen LogP contribution is 2.24. The van der Waals surface area contributed by atoms with E-state index < -0.39 is 0 Å². The molecule has 0 radical (unpaired) electrons. The van der Waals surface area contributed by atoms with Crippen LogP contribution in [-0.4, -0.2) is 29.8 Å². The molecule has 126 valence electrons. The summed E-state index contributed by atoms with van der Waals surface area (Å²) < 4.78 is 0. The fourth-order valence-corrected chi connectivity index (χ4v) is 3.82. The molecule has 0 aliphatic carbocycles. The molecular formula is C18H19ClN2O2S. The number of nitrogens with zero attached hydrogens (tertiary/aromatic N) is 1. The number of carbonyl (C=O) groups is 2. The van der Waals surface area contributed by atoms with Crippen molar-refractivity contribution >= 4 is 40.4 Å². The number of halogens is 1. The molecule has 0 bridgehead atoms. The van der Waals surface area contributed by atoms with Crippen molar-refractivity contribution in [3.8, 4) is 0 Å². The summed E-state index contributed by atoms with van der Waals surface area (Å²) in [6, 6.07) is 9.15. The monoisotopic (exact) mass is 362 g/mol. The first kappa shape index (κ1) is 17.0. The number of rotatable bonds is 3. The van der Waals surface area contributed by atoms with Gasteiger partial charge >= 0.3 is 0 Å². The molecule has 1 aromatic heterocycles. The molecule has 1 aromatic carbocycles. The number of carbonyl (C=O) groups excluding carboxylic acids is 2. The van der Waals surface area contributed by atoms with Gasteiger partial charge in [0.15, 0.2) is 0 Å². The highest BCUT2D eigenvalue weighted by Gasteiger charge is 2.28. The minimum atomic E-state index is -0.0625. The van der Waals surface area contributed by atoms with Crippen LogP contribution in [0.2, 0.25) is 5.02 Å². The Morgan fingerprint density at radius 1 is 1.25 bits per heavy atom. The second-order valence-electron chi connectivity index (χ2n) is 5.99. The van der Waals surface area contributed by atoms with Crippen molar-refractivity contribution in [2.75, 3.05) is 18.4 Å². The van der Waals surface area contributed by atoms with Crippen molar-refractivity contribution in [2.24, 2.45) is 5.92 Å². The van der Waals surface area contributed by atoms with Gasteiger partial charge in [-0.15, -0.1) is 11.3 Å². The molecule has 2 amide bonds. The number of anilines is 1. The molecule has 3 rings (SSSR count). The van der Waals surface area contributed by atoms with Crippen molar-refractivity contribution in [2.45, 2.75) is 19.8 Å². The Kier molecular flexibility index (Phi) is 5.21. The Labute approximate surface area is 150 Å². The zero-order chi connectivity index (χ0) is 17.1. The number of thiophene rings is 1. The molecule has 0 saturated carbocycles. The third-order valence-electron chi connectivity index (χ3n) is 4.33. The lowest BCUT2D eigenvalue weighted by molar-refractivity contribution is -0.121. The maximum absolute atomic E-state index is 12.5. The van der Waals surface area contributed by atoms with Gasteiger partial charge in [0, 0.05) is 29.7 Å². The minimum Gasteiger partial charge on any atom is -0.338 e. The van der Waals surface area contributed by atoms with Crippen molar-refractivity contribution in [3.05, 3.63) is 51.2 Å². The fraction of sp³-hybridized carbons (Fsp3) is 0.333. The molecule has 1 saturated heterocycles. The molecule has 0 spiro atoms. The number of likely N-dealkylation sites (tertiary alicyclic amines) is 1. The van der Waals surface area contributed by atoms with Crippen LogP contribution in [0.3, 0.4) is 0 Å². The number of nitrogens with one attached hydrogen (secondary N) is 1. The van der Waals surface area contributed by atoms with E-state index in [0.717, 1.165) is 16.1 Å². The topological polar surface area (TPSA) is 49.4 Å². The maximum atomic E-state index is 12.5. The lowest BCUT2D eigenvalue weighted by Crippen LogP contribution is -2.41. The third-order valence-corrected chi connectivity index (χ3v) is 5.42. The van der Waals surface area contributed by atoms with E-state index in [2.05, 4.69) is 5.32 Å². The first-order valence-corrected chi connectivity index (χ1v) is 9.20. The molecule has 4 nitrogen and oxygen atoms in total. The Bertz CT molecular complexity index is 737. The lowest BCUT2D eigenvalue weighted by atomic mass is 9.95. The smallest absolute Gasteiger partial charge is 0.263 e. The predicted molar refractivity (Wildman–Crippen MR) is 97.8 cm³/mol. The third kappa shape index (κ3) is 3.79. The van der Waals surface area contributed by atoms with Crippen LogP contribution in [0.5, 0.6) is 0 Å². The summed E-state index contributed by atoms with van der Waals surface area (Å²) in [6.07, 6.45) is 1.38. The highest BCUT2D eigenvalue weighted by atomic mass is 35.5. The first-order valence-electron chi connectivity index (χ1n) is 7.94. The molecule has 1 aliphatic heterocycles. The minimum absolute atomic E-state index is 0.0173. The normalized spacial score (nSPS) is 15.3. The van der Waals surface area contributed by atoms with Crippen molar-refractivity contribution in [1.29, 1.82) is 0 Å².